The second kappa shape index (κ2) is 6.45. The van der Waals surface area contributed by atoms with Crippen LogP contribution in [0, 0.1) is 0 Å². The Morgan fingerprint density at radius 1 is 1.47 bits per heavy atom. The van der Waals surface area contributed by atoms with E-state index in [4.69, 9.17) is 0 Å². The third-order valence-electron chi connectivity index (χ3n) is 3.53. The van der Waals surface area contributed by atoms with Crippen LogP contribution in [0.5, 0.6) is 0 Å². The van der Waals surface area contributed by atoms with Crippen molar-refractivity contribution in [2.45, 2.75) is 50.4 Å². The van der Waals surface area contributed by atoms with E-state index in [0.717, 1.165) is 17.6 Å². The molecule has 0 aromatic carbocycles. The van der Waals surface area contributed by atoms with Crippen molar-refractivity contribution in [2.24, 2.45) is 7.05 Å². The predicted molar refractivity (Wildman–Crippen MR) is 74.2 cm³/mol. The van der Waals surface area contributed by atoms with Crippen LogP contribution in [-0.4, -0.2) is 26.6 Å². The maximum Gasteiger partial charge on any atom is 0.122 e. The summed E-state index contributed by atoms with van der Waals surface area (Å²) in [6.45, 7) is 3.16. The molecule has 0 amide bonds. The van der Waals surface area contributed by atoms with Gasteiger partial charge in [-0.05, 0) is 18.6 Å². The maximum atomic E-state index is 4.36. The summed E-state index contributed by atoms with van der Waals surface area (Å²) in [5.41, 5.74) is 0. The van der Waals surface area contributed by atoms with Crippen LogP contribution in [0.2, 0.25) is 0 Å². The molecule has 1 aliphatic carbocycles. The molecule has 0 aliphatic heterocycles. The summed E-state index contributed by atoms with van der Waals surface area (Å²) < 4.78 is 2.10. The lowest BCUT2D eigenvalue weighted by Gasteiger charge is -2.31. The van der Waals surface area contributed by atoms with Gasteiger partial charge in [0.25, 0.3) is 0 Å². The van der Waals surface area contributed by atoms with Crippen LogP contribution < -0.4 is 5.32 Å². The van der Waals surface area contributed by atoms with Crippen LogP contribution >= 0.6 is 11.8 Å². The minimum absolute atomic E-state index is 0.672. The second-order valence-electron chi connectivity index (χ2n) is 4.72. The zero-order valence-corrected chi connectivity index (χ0v) is 11.7. The number of aryl methyl sites for hydroxylation is 1. The van der Waals surface area contributed by atoms with Crippen LogP contribution in [0.15, 0.2) is 12.4 Å². The normalized spacial score (nSPS) is 25.1. The first-order valence-electron chi connectivity index (χ1n) is 6.62. The largest absolute Gasteiger partial charge is 0.337 e. The number of rotatable bonds is 5. The van der Waals surface area contributed by atoms with Gasteiger partial charge in [-0.15, -0.1) is 0 Å². The van der Waals surface area contributed by atoms with Gasteiger partial charge in [-0.1, -0.05) is 19.8 Å². The van der Waals surface area contributed by atoms with Gasteiger partial charge in [0.15, 0.2) is 0 Å². The van der Waals surface area contributed by atoms with Gasteiger partial charge in [-0.2, -0.15) is 11.8 Å². The first-order valence-corrected chi connectivity index (χ1v) is 7.67. The molecule has 4 heteroatoms. The summed E-state index contributed by atoms with van der Waals surface area (Å²) >= 11 is 2.11. The Bertz CT molecular complexity index is 335. The van der Waals surface area contributed by atoms with Gasteiger partial charge in [-0.3, -0.25) is 0 Å². The Kier molecular flexibility index (Phi) is 4.92. The number of nitrogens with one attached hydrogen (secondary N) is 1. The van der Waals surface area contributed by atoms with Crippen LogP contribution in [0.1, 0.15) is 38.4 Å². The molecule has 0 radical (unpaired) electrons. The molecule has 1 aliphatic rings. The first-order chi connectivity index (χ1) is 8.31. The summed E-state index contributed by atoms with van der Waals surface area (Å²) in [4.78, 5) is 4.36. The molecule has 0 saturated heterocycles. The van der Waals surface area contributed by atoms with Crippen molar-refractivity contribution in [2.75, 3.05) is 5.75 Å². The van der Waals surface area contributed by atoms with E-state index in [-0.39, 0.29) is 0 Å². The molecule has 0 bridgehead atoms. The highest BCUT2D eigenvalue weighted by molar-refractivity contribution is 7.99. The predicted octanol–water partition coefficient (Wildman–Crippen LogP) is 2.57. The lowest BCUT2D eigenvalue weighted by atomic mass is 9.95. The van der Waals surface area contributed by atoms with E-state index in [1.807, 2.05) is 12.4 Å². The lowest BCUT2D eigenvalue weighted by molar-refractivity contribution is 0.378. The highest BCUT2D eigenvalue weighted by atomic mass is 32.2. The molecule has 1 fully saturated rings. The van der Waals surface area contributed by atoms with Crippen LogP contribution in [0.3, 0.4) is 0 Å². The van der Waals surface area contributed by atoms with E-state index in [1.165, 1.54) is 31.4 Å². The smallest absolute Gasteiger partial charge is 0.122 e. The quantitative estimate of drug-likeness (QED) is 0.874. The fraction of sp³-hybridized carbons (Fsp3) is 0.769. The third-order valence-corrected chi connectivity index (χ3v) is 4.85. The molecule has 0 spiro atoms. The third kappa shape index (κ3) is 3.49. The number of hydrogen-bond donors (Lipinski definition) is 1. The van der Waals surface area contributed by atoms with E-state index in [9.17, 15) is 0 Å². The molecular weight excluding hydrogens is 230 g/mol. The van der Waals surface area contributed by atoms with Crippen molar-refractivity contribution in [3.63, 3.8) is 0 Å². The zero-order chi connectivity index (χ0) is 12.1. The van der Waals surface area contributed by atoms with E-state index < -0.39 is 0 Å². The average molecular weight is 253 g/mol. The second-order valence-corrected chi connectivity index (χ2v) is 6.24. The molecule has 1 heterocycles. The first kappa shape index (κ1) is 13.0. The van der Waals surface area contributed by atoms with Gasteiger partial charge in [0.1, 0.15) is 5.82 Å². The van der Waals surface area contributed by atoms with Gasteiger partial charge in [-0.25, -0.2) is 4.98 Å². The molecule has 17 heavy (non-hydrogen) atoms. The molecule has 3 nitrogen and oxygen atoms in total. The summed E-state index contributed by atoms with van der Waals surface area (Å²) in [5.74, 6) is 2.36. The molecule has 2 rings (SSSR count). The minimum Gasteiger partial charge on any atom is -0.337 e. The van der Waals surface area contributed by atoms with E-state index >= 15 is 0 Å². The highest BCUT2D eigenvalue weighted by Gasteiger charge is 2.24. The maximum absolute atomic E-state index is 4.36. The van der Waals surface area contributed by atoms with Crippen molar-refractivity contribution in [3.8, 4) is 0 Å². The number of imidazole rings is 1. The van der Waals surface area contributed by atoms with Crippen molar-refractivity contribution in [1.29, 1.82) is 0 Å². The van der Waals surface area contributed by atoms with Crippen LogP contribution in [0.4, 0.5) is 0 Å². The summed E-state index contributed by atoms with van der Waals surface area (Å²) in [7, 11) is 2.06. The Balaban J connectivity index is 1.86. The van der Waals surface area contributed by atoms with Gasteiger partial charge in [0, 0.05) is 30.7 Å². The van der Waals surface area contributed by atoms with Crippen LogP contribution in [-0.2, 0) is 13.6 Å². The average Bonchev–Trinajstić information content (AvgIpc) is 2.74. The topological polar surface area (TPSA) is 29.9 Å². The molecular formula is C13H23N3S. The molecule has 1 N–H and O–H groups in total. The molecule has 2 unspecified atom stereocenters. The van der Waals surface area contributed by atoms with Crippen LogP contribution in [0.25, 0.3) is 0 Å². The van der Waals surface area contributed by atoms with Gasteiger partial charge in [0.05, 0.1) is 6.54 Å². The zero-order valence-electron chi connectivity index (χ0n) is 10.9. The van der Waals surface area contributed by atoms with Crippen molar-refractivity contribution >= 4 is 11.8 Å². The minimum atomic E-state index is 0.672. The SMILES string of the molecule is CCSC1CCCCC1NCc1nccn1C. The summed E-state index contributed by atoms with van der Waals surface area (Å²) in [6, 6.07) is 0.672. The lowest BCUT2D eigenvalue weighted by Crippen LogP contribution is -2.40. The van der Waals surface area contributed by atoms with E-state index in [1.54, 1.807) is 0 Å². The van der Waals surface area contributed by atoms with Gasteiger partial charge >= 0.3 is 0 Å². The number of aromatic nitrogens is 2. The standard InChI is InChI=1S/C13H23N3S/c1-3-17-12-7-5-4-6-11(12)15-10-13-14-8-9-16(13)2/h8-9,11-12,15H,3-7,10H2,1-2H3. The van der Waals surface area contributed by atoms with Crippen molar-refractivity contribution in [1.82, 2.24) is 14.9 Å². The summed E-state index contributed by atoms with van der Waals surface area (Å²) in [5, 5.41) is 4.50. The molecule has 1 aromatic heterocycles. The van der Waals surface area contributed by atoms with E-state index in [2.05, 4.69) is 40.6 Å². The van der Waals surface area contributed by atoms with Crippen molar-refractivity contribution in [3.05, 3.63) is 18.2 Å². The number of nitrogens with zero attached hydrogens (tertiary/aromatic N) is 2. The number of hydrogen-bond acceptors (Lipinski definition) is 3. The molecule has 1 aromatic rings. The molecule has 2 atom stereocenters. The van der Waals surface area contributed by atoms with Gasteiger partial charge in [0.2, 0.25) is 0 Å². The molecule has 1 saturated carbocycles. The van der Waals surface area contributed by atoms with Crippen molar-refractivity contribution < 1.29 is 0 Å². The Morgan fingerprint density at radius 3 is 3.00 bits per heavy atom. The highest BCUT2D eigenvalue weighted by Crippen LogP contribution is 2.28. The Morgan fingerprint density at radius 2 is 2.29 bits per heavy atom. The fourth-order valence-electron chi connectivity index (χ4n) is 2.53. The fourth-order valence-corrected chi connectivity index (χ4v) is 3.76. The molecule has 96 valence electrons. The van der Waals surface area contributed by atoms with Gasteiger partial charge < -0.3 is 9.88 Å². The summed E-state index contributed by atoms with van der Waals surface area (Å²) in [6.07, 6.45) is 9.35. The number of thioether (sulfide) groups is 1. The monoisotopic (exact) mass is 253 g/mol. The Hall–Kier alpha value is -0.480. The Labute approximate surface area is 108 Å². The van der Waals surface area contributed by atoms with E-state index in [0.29, 0.717) is 6.04 Å².